The van der Waals surface area contributed by atoms with E-state index in [1.165, 1.54) is 6.07 Å². The first-order valence-electron chi connectivity index (χ1n) is 6.70. The zero-order valence-corrected chi connectivity index (χ0v) is 11.4. The molecule has 0 unspecified atom stereocenters. The number of carboxylic acids is 1. The maximum atomic E-state index is 11.0. The largest absolute Gasteiger partial charge is 0.477 e. The lowest BCUT2D eigenvalue weighted by atomic mass is 10.3. The van der Waals surface area contributed by atoms with Crippen LogP contribution in [0.2, 0.25) is 0 Å². The molecule has 1 N–H and O–H groups in total. The molecule has 3 rings (SSSR count). The molecule has 0 radical (unpaired) electrons. The first-order valence-corrected chi connectivity index (χ1v) is 6.70. The third-order valence-corrected chi connectivity index (χ3v) is 3.43. The van der Waals surface area contributed by atoms with E-state index in [4.69, 9.17) is 5.11 Å². The topological polar surface area (TPSA) is 82.5 Å². The lowest BCUT2D eigenvalue weighted by molar-refractivity contribution is 0.0690. The third kappa shape index (κ3) is 2.91. The molecule has 1 saturated heterocycles. The van der Waals surface area contributed by atoms with Crippen molar-refractivity contribution < 1.29 is 9.90 Å². The number of nitrogens with zero attached hydrogens (tertiary/aromatic N) is 5. The first-order chi connectivity index (χ1) is 10.2. The molecule has 0 aliphatic carbocycles. The molecule has 3 heterocycles. The van der Waals surface area contributed by atoms with E-state index in [0.717, 1.165) is 32.0 Å². The van der Waals surface area contributed by atoms with Crippen LogP contribution >= 0.6 is 0 Å². The minimum Gasteiger partial charge on any atom is -0.477 e. The van der Waals surface area contributed by atoms with Crippen molar-refractivity contribution in [2.75, 3.05) is 36.0 Å². The Morgan fingerprint density at radius 3 is 2.38 bits per heavy atom. The van der Waals surface area contributed by atoms with Crippen molar-refractivity contribution in [3.05, 3.63) is 42.5 Å². The maximum Gasteiger partial charge on any atom is 0.354 e. The van der Waals surface area contributed by atoms with Crippen LogP contribution in [-0.2, 0) is 0 Å². The number of piperazine rings is 1. The molecule has 1 fully saturated rings. The number of hydrogen-bond acceptors (Lipinski definition) is 6. The second-order valence-electron chi connectivity index (χ2n) is 4.72. The zero-order chi connectivity index (χ0) is 14.7. The summed E-state index contributed by atoms with van der Waals surface area (Å²) in [7, 11) is 0. The number of carboxylic acid groups (broad SMARTS) is 1. The summed E-state index contributed by atoms with van der Waals surface area (Å²) in [5, 5.41) is 8.99. The summed E-state index contributed by atoms with van der Waals surface area (Å²) in [5.74, 6) is 0.563. The van der Waals surface area contributed by atoms with Crippen molar-refractivity contribution >= 4 is 17.6 Å². The van der Waals surface area contributed by atoms with E-state index in [1.807, 2.05) is 6.07 Å². The van der Waals surface area contributed by atoms with Crippen LogP contribution in [-0.4, -0.2) is 52.2 Å². The van der Waals surface area contributed by atoms with Gasteiger partial charge < -0.3 is 14.9 Å². The molecule has 0 amide bonds. The van der Waals surface area contributed by atoms with Gasteiger partial charge in [-0.25, -0.2) is 14.8 Å². The number of pyridine rings is 1. The van der Waals surface area contributed by atoms with Gasteiger partial charge in [0.15, 0.2) is 5.69 Å². The van der Waals surface area contributed by atoms with Gasteiger partial charge in [0.25, 0.3) is 0 Å². The van der Waals surface area contributed by atoms with Crippen LogP contribution in [0.4, 0.5) is 11.6 Å². The first kappa shape index (κ1) is 13.3. The summed E-state index contributed by atoms with van der Waals surface area (Å²) in [6.45, 7) is 3.15. The fraction of sp³-hybridized carbons (Fsp3) is 0.286. The molecule has 0 atom stereocenters. The predicted octanol–water partition coefficient (Wildman–Crippen LogP) is 0.896. The molecule has 1 aliphatic rings. The zero-order valence-electron chi connectivity index (χ0n) is 11.4. The van der Waals surface area contributed by atoms with E-state index >= 15 is 0 Å². The highest BCUT2D eigenvalue weighted by molar-refractivity contribution is 5.85. The number of carbonyl (C=O) groups is 1. The Kier molecular flexibility index (Phi) is 3.63. The number of rotatable bonds is 3. The van der Waals surface area contributed by atoms with Crippen molar-refractivity contribution in [2.24, 2.45) is 0 Å². The minimum absolute atomic E-state index is 0.0730. The highest BCUT2D eigenvalue weighted by atomic mass is 16.4. The fourth-order valence-electron chi connectivity index (χ4n) is 2.34. The molecule has 7 nitrogen and oxygen atoms in total. The van der Waals surface area contributed by atoms with E-state index < -0.39 is 5.97 Å². The number of aromatic nitrogens is 3. The lowest BCUT2D eigenvalue weighted by Crippen LogP contribution is -2.47. The second kappa shape index (κ2) is 5.74. The van der Waals surface area contributed by atoms with E-state index in [2.05, 4.69) is 24.8 Å². The van der Waals surface area contributed by atoms with Gasteiger partial charge in [0.1, 0.15) is 11.6 Å². The molecular weight excluding hydrogens is 270 g/mol. The van der Waals surface area contributed by atoms with Crippen LogP contribution in [0, 0.1) is 0 Å². The average molecular weight is 285 g/mol. The van der Waals surface area contributed by atoms with E-state index in [-0.39, 0.29) is 5.69 Å². The average Bonchev–Trinajstić information content (AvgIpc) is 2.56. The van der Waals surface area contributed by atoms with Crippen LogP contribution in [0.1, 0.15) is 10.5 Å². The summed E-state index contributed by atoms with van der Waals surface area (Å²) in [6.07, 6.45) is 5.08. The Labute approximate surface area is 121 Å². The van der Waals surface area contributed by atoms with Gasteiger partial charge in [0.05, 0.1) is 6.20 Å². The van der Waals surface area contributed by atoms with Crippen molar-refractivity contribution in [2.45, 2.75) is 0 Å². The smallest absolute Gasteiger partial charge is 0.354 e. The monoisotopic (exact) mass is 285 g/mol. The number of aromatic carboxylic acids is 1. The highest BCUT2D eigenvalue weighted by Crippen LogP contribution is 2.17. The van der Waals surface area contributed by atoms with E-state index in [0.29, 0.717) is 5.82 Å². The standard InChI is InChI=1S/C14H15N5O2/c20-14(21)11-2-1-3-12(17-11)18-6-8-19(9-7-18)13-10-15-4-5-16-13/h1-5,10H,6-9H2,(H,20,21). The van der Waals surface area contributed by atoms with Gasteiger partial charge >= 0.3 is 5.97 Å². The van der Waals surface area contributed by atoms with Gasteiger partial charge in [-0.15, -0.1) is 0 Å². The molecule has 108 valence electrons. The summed E-state index contributed by atoms with van der Waals surface area (Å²) in [6, 6.07) is 5.06. The highest BCUT2D eigenvalue weighted by Gasteiger charge is 2.19. The minimum atomic E-state index is -1.00. The summed E-state index contributed by atoms with van der Waals surface area (Å²) < 4.78 is 0. The van der Waals surface area contributed by atoms with Gasteiger partial charge in [0, 0.05) is 38.6 Å². The number of hydrogen-bond donors (Lipinski definition) is 1. The van der Waals surface area contributed by atoms with Crippen LogP contribution in [0.5, 0.6) is 0 Å². The number of anilines is 2. The SMILES string of the molecule is O=C(O)c1cccc(N2CCN(c3cnccn3)CC2)n1. The Morgan fingerprint density at radius 2 is 1.76 bits per heavy atom. The molecular formula is C14H15N5O2. The molecule has 21 heavy (non-hydrogen) atoms. The van der Waals surface area contributed by atoms with Crippen molar-refractivity contribution in [3.63, 3.8) is 0 Å². The Morgan fingerprint density at radius 1 is 1.05 bits per heavy atom. The van der Waals surface area contributed by atoms with Gasteiger partial charge in [0.2, 0.25) is 0 Å². The van der Waals surface area contributed by atoms with Gasteiger partial charge in [-0.05, 0) is 12.1 Å². The molecule has 0 bridgehead atoms. The van der Waals surface area contributed by atoms with Crippen LogP contribution in [0.25, 0.3) is 0 Å². The maximum absolute atomic E-state index is 11.0. The van der Waals surface area contributed by atoms with Crippen molar-refractivity contribution in [1.82, 2.24) is 15.0 Å². The van der Waals surface area contributed by atoms with Crippen LogP contribution in [0.3, 0.4) is 0 Å². The molecule has 0 saturated carbocycles. The molecule has 2 aromatic heterocycles. The molecule has 1 aliphatic heterocycles. The predicted molar refractivity (Wildman–Crippen MR) is 77.7 cm³/mol. The van der Waals surface area contributed by atoms with Gasteiger partial charge in [-0.1, -0.05) is 6.07 Å². The fourth-order valence-corrected chi connectivity index (χ4v) is 2.34. The summed E-state index contributed by atoms with van der Waals surface area (Å²) in [5.41, 5.74) is 0.0730. The Bertz CT molecular complexity index is 626. The quantitative estimate of drug-likeness (QED) is 0.897. The van der Waals surface area contributed by atoms with Crippen molar-refractivity contribution in [3.8, 4) is 0 Å². The van der Waals surface area contributed by atoms with Gasteiger partial charge in [-0.3, -0.25) is 4.98 Å². The molecule has 2 aromatic rings. The van der Waals surface area contributed by atoms with Crippen LogP contribution < -0.4 is 9.80 Å². The molecule has 7 heteroatoms. The van der Waals surface area contributed by atoms with Gasteiger partial charge in [-0.2, -0.15) is 0 Å². The lowest BCUT2D eigenvalue weighted by Gasteiger charge is -2.35. The Balaban J connectivity index is 1.68. The Hall–Kier alpha value is -2.70. The van der Waals surface area contributed by atoms with Crippen molar-refractivity contribution in [1.29, 1.82) is 0 Å². The van der Waals surface area contributed by atoms with E-state index in [9.17, 15) is 4.79 Å². The summed E-state index contributed by atoms with van der Waals surface area (Å²) >= 11 is 0. The third-order valence-electron chi connectivity index (χ3n) is 3.43. The molecule has 0 aromatic carbocycles. The second-order valence-corrected chi connectivity index (χ2v) is 4.72. The summed E-state index contributed by atoms with van der Waals surface area (Å²) in [4.78, 5) is 27.7. The molecule has 0 spiro atoms. The van der Waals surface area contributed by atoms with Crippen LogP contribution in [0.15, 0.2) is 36.8 Å². The normalized spacial score (nSPS) is 15.0. The van der Waals surface area contributed by atoms with E-state index in [1.54, 1.807) is 24.7 Å².